The van der Waals surface area contributed by atoms with E-state index in [1.54, 1.807) is 6.92 Å². The monoisotopic (exact) mass is 142 g/mol. The molecule has 1 heterocycles. The van der Waals surface area contributed by atoms with Crippen molar-refractivity contribution in [3.63, 3.8) is 0 Å². The molecule has 1 rings (SSSR count). The number of amides is 1. The summed E-state index contributed by atoms with van der Waals surface area (Å²) in [7, 11) is 0. The Morgan fingerprint density at radius 3 is 2.90 bits per heavy atom. The number of aliphatic imine (C=N–C) groups is 1. The number of hydrogen-bond donors (Lipinski definition) is 2. The molecule has 0 aromatic heterocycles. The van der Waals surface area contributed by atoms with E-state index >= 15 is 0 Å². The molecule has 0 aromatic carbocycles. The molecule has 0 aliphatic carbocycles. The number of rotatable bonds is 2. The van der Waals surface area contributed by atoms with Gasteiger partial charge >= 0.3 is 0 Å². The summed E-state index contributed by atoms with van der Waals surface area (Å²) in [4.78, 5) is 14.7. The minimum atomic E-state index is -0.276. The average Bonchev–Trinajstić information content (AvgIpc) is 2.14. The lowest BCUT2D eigenvalue weighted by molar-refractivity contribution is -0.119. The molecule has 56 valence electrons. The summed E-state index contributed by atoms with van der Waals surface area (Å²) < 4.78 is 0. The molecule has 10 heavy (non-hydrogen) atoms. The first kappa shape index (κ1) is 7.21. The van der Waals surface area contributed by atoms with Crippen LogP contribution in [0.3, 0.4) is 0 Å². The Morgan fingerprint density at radius 2 is 2.50 bits per heavy atom. The van der Waals surface area contributed by atoms with Crippen LogP contribution >= 0.6 is 0 Å². The Hall–Kier alpha value is -0.900. The van der Waals surface area contributed by atoms with Gasteiger partial charge in [0, 0.05) is 6.42 Å². The fourth-order valence-electron chi connectivity index (χ4n) is 0.804. The molecule has 4 heteroatoms. The summed E-state index contributed by atoms with van der Waals surface area (Å²) in [6.07, 6.45) is 0.441. The minimum absolute atomic E-state index is 0.0336. The van der Waals surface area contributed by atoms with Gasteiger partial charge in [-0.2, -0.15) is 0 Å². The lowest BCUT2D eigenvalue weighted by Gasteiger charge is -1.94. The second-order valence-electron chi connectivity index (χ2n) is 2.21. The highest BCUT2D eigenvalue weighted by Gasteiger charge is 2.20. The fraction of sp³-hybridized carbons (Fsp3) is 0.667. The lowest BCUT2D eigenvalue weighted by atomic mass is 10.4. The molecule has 2 N–H and O–H groups in total. The first-order valence-electron chi connectivity index (χ1n) is 3.22. The summed E-state index contributed by atoms with van der Waals surface area (Å²) in [6, 6.07) is -0.276. The summed E-state index contributed by atoms with van der Waals surface area (Å²) in [5, 5.41) is 11.0. The van der Waals surface area contributed by atoms with E-state index in [2.05, 4.69) is 10.3 Å². The van der Waals surface area contributed by atoms with E-state index < -0.39 is 0 Å². The van der Waals surface area contributed by atoms with Crippen molar-refractivity contribution in [2.75, 3.05) is 6.61 Å². The van der Waals surface area contributed by atoms with Crippen molar-refractivity contribution in [3.8, 4) is 0 Å². The van der Waals surface area contributed by atoms with Crippen molar-refractivity contribution in [1.29, 1.82) is 0 Å². The maximum atomic E-state index is 10.8. The number of nitrogens with zero attached hydrogens (tertiary/aromatic N) is 1. The molecular weight excluding hydrogens is 132 g/mol. The van der Waals surface area contributed by atoms with Crippen LogP contribution in [0.25, 0.3) is 0 Å². The van der Waals surface area contributed by atoms with Crippen LogP contribution in [0.4, 0.5) is 0 Å². The summed E-state index contributed by atoms with van der Waals surface area (Å²) in [5.74, 6) is 0.517. The van der Waals surface area contributed by atoms with Gasteiger partial charge in [-0.15, -0.1) is 0 Å². The van der Waals surface area contributed by atoms with Crippen molar-refractivity contribution < 1.29 is 9.90 Å². The highest BCUT2D eigenvalue weighted by molar-refractivity contribution is 6.05. The maximum Gasteiger partial charge on any atom is 0.249 e. The van der Waals surface area contributed by atoms with E-state index in [9.17, 15) is 4.79 Å². The molecule has 1 aliphatic rings. The van der Waals surface area contributed by atoms with E-state index in [1.807, 2.05) is 0 Å². The van der Waals surface area contributed by atoms with Crippen molar-refractivity contribution in [1.82, 2.24) is 5.32 Å². The Kier molecular flexibility index (Phi) is 2.01. The molecule has 0 bridgehead atoms. The van der Waals surface area contributed by atoms with Crippen molar-refractivity contribution in [3.05, 3.63) is 0 Å². The normalized spacial score (nSPS) is 24.4. The van der Waals surface area contributed by atoms with Crippen LogP contribution in [-0.4, -0.2) is 29.5 Å². The van der Waals surface area contributed by atoms with Gasteiger partial charge in [0.25, 0.3) is 0 Å². The minimum Gasteiger partial charge on any atom is -0.396 e. The molecule has 0 fully saturated rings. The molecule has 0 aromatic rings. The zero-order chi connectivity index (χ0) is 7.56. The van der Waals surface area contributed by atoms with Gasteiger partial charge < -0.3 is 10.4 Å². The Bertz CT molecular complexity index is 177. The zero-order valence-corrected chi connectivity index (χ0v) is 5.79. The highest BCUT2D eigenvalue weighted by Crippen LogP contribution is 2.00. The molecule has 1 unspecified atom stereocenters. The van der Waals surface area contributed by atoms with Gasteiger partial charge in [-0.25, -0.2) is 0 Å². The molecule has 1 atom stereocenters. The first-order chi connectivity index (χ1) is 4.74. The van der Waals surface area contributed by atoms with Gasteiger partial charge in [-0.3, -0.25) is 9.79 Å². The standard InChI is InChI=1S/C6H10N2O2/c1-4-6(10)8-5(7-4)2-3-9/h4,9H,2-3H2,1H3,(H,7,8,10). The number of hydrogen-bond acceptors (Lipinski definition) is 3. The number of nitrogens with one attached hydrogen (secondary N) is 1. The fourth-order valence-corrected chi connectivity index (χ4v) is 0.804. The quantitative estimate of drug-likeness (QED) is 0.534. The predicted octanol–water partition coefficient (Wildman–Crippen LogP) is -0.714. The molecule has 4 nitrogen and oxygen atoms in total. The largest absolute Gasteiger partial charge is 0.396 e. The van der Waals surface area contributed by atoms with E-state index in [4.69, 9.17) is 5.11 Å². The maximum absolute atomic E-state index is 10.8. The molecule has 0 saturated carbocycles. The Morgan fingerprint density at radius 1 is 1.80 bits per heavy atom. The van der Waals surface area contributed by atoms with Gasteiger partial charge in [0.2, 0.25) is 5.91 Å². The van der Waals surface area contributed by atoms with E-state index in [0.717, 1.165) is 0 Å². The van der Waals surface area contributed by atoms with Crippen LogP contribution in [0.5, 0.6) is 0 Å². The summed E-state index contributed by atoms with van der Waals surface area (Å²) in [6.45, 7) is 1.76. The van der Waals surface area contributed by atoms with Crippen LogP contribution in [0.1, 0.15) is 13.3 Å². The van der Waals surface area contributed by atoms with E-state index in [0.29, 0.717) is 12.3 Å². The first-order valence-corrected chi connectivity index (χ1v) is 3.22. The second-order valence-corrected chi connectivity index (χ2v) is 2.21. The van der Waals surface area contributed by atoms with Gasteiger partial charge in [0.05, 0.1) is 6.61 Å². The molecule has 0 radical (unpaired) electrons. The van der Waals surface area contributed by atoms with Gasteiger partial charge in [-0.05, 0) is 6.92 Å². The average molecular weight is 142 g/mol. The predicted molar refractivity (Wildman–Crippen MR) is 36.7 cm³/mol. The number of aliphatic hydroxyl groups excluding tert-OH is 1. The highest BCUT2D eigenvalue weighted by atomic mass is 16.3. The number of carbonyl (C=O) groups excluding carboxylic acids is 1. The number of aliphatic hydroxyl groups is 1. The van der Waals surface area contributed by atoms with Crippen molar-refractivity contribution in [2.24, 2.45) is 4.99 Å². The zero-order valence-electron chi connectivity index (χ0n) is 5.79. The van der Waals surface area contributed by atoms with Crippen LogP contribution in [-0.2, 0) is 4.79 Å². The molecular formula is C6H10N2O2. The van der Waals surface area contributed by atoms with Gasteiger partial charge in [-0.1, -0.05) is 0 Å². The SMILES string of the molecule is CC1N=C(CCO)NC1=O. The Labute approximate surface area is 59.0 Å². The lowest BCUT2D eigenvalue weighted by Crippen LogP contribution is -2.27. The smallest absolute Gasteiger partial charge is 0.249 e. The molecule has 1 aliphatic heterocycles. The van der Waals surface area contributed by atoms with E-state index in [1.165, 1.54) is 0 Å². The number of carbonyl (C=O) groups is 1. The van der Waals surface area contributed by atoms with Crippen molar-refractivity contribution >= 4 is 11.7 Å². The number of amidine groups is 1. The van der Waals surface area contributed by atoms with E-state index in [-0.39, 0.29) is 18.6 Å². The summed E-state index contributed by atoms with van der Waals surface area (Å²) in [5.41, 5.74) is 0. The second kappa shape index (κ2) is 2.79. The third-order valence-electron chi connectivity index (χ3n) is 1.35. The topological polar surface area (TPSA) is 61.7 Å². The molecule has 0 spiro atoms. The van der Waals surface area contributed by atoms with Crippen LogP contribution in [0.15, 0.2) is 4.99 Å². The van der Waals surface area contributed by atoms with Gasteiger partial charge in [0.1, 0.15) is 11.9 Å². The van der Waals surface area contributed by atoms with Crippen LogP contribution in [0.2, 0.25) is 0 Å². The molecule has 1 amide bonds. The van der Waals surface area contributed by atoms with Crippen LogP contribution < -0.4 is 5.32 Å². The summed E-state index contributed by atoms with van der Waals surface area (Å²) >= 11 is 0. The Balaban J connectivity index is 2.50. The van der Waals surface area contributed by atoms with Crippen LogP contribution in [0, 0.1) is 0 Å². The third kappa shape index (κ3) is 1.33. The van der Waals surface area contributed by atoms with Gasteiger partial charge in [0.15, 0.2) is 0 Å². The third-order valence-corrected chi connectivity index (χ3v) is 1.35. The molecule has 0 saturated heterocycles. The van der Waals surface area contributed by atoms with Crippen molar-refractivity contribution in [2.45, 2.75) is 19.4 Å².